The number of amides is 1. The summed E-state index contributed by atoms with van der Waals surface area (Å²) in [5.41, 5.74) is 1.08. The van der Waals surface area contributed by atoms with Crippen molar-refractivity contribution in [3.63, 3.8) is 0 Å². The maximum absolute atomic E-state index is 12.8. The molecule has 1 aromatic heterocycles. The number of hydrogen-bond acceptors (Lipinski definition) is 4. The fourth-order valence-corrected chi connectivity index (χ4v) is 3.53. The molecule has 2 fully saturated rings. The number of rotatable bonds is 3. The lowest BCUT2D eigenvalue weighted by atomic mass is 10.2. The molecule has 1 saturated carbocycles. The highest BCUT2D eigenvalue weighted by Crippen LogP contribution is 2.30. The molecule has 0 N–H and O–H groups in total. The molecule has 132 valence electrons. The average molecular weight is 380 g/mol. The first kappa shape index (κ1) is 16.9. The summed E-state index contributed by atoms with van der Waals surface area (Å²) in [7, 11) is 0. The van der Waals surface area contributed by atoms with Gasteiger partial charge >= 0.3 is 0 Å². The van der Waals surface area contributed by atoms with Crippen molar-refractivity contribution >= 4 is 29.1 Å². The highest BCUT2D eigenvalue weighted by Gasteiger charge is 2.33. The predicted octanol–water partition coefficient (Wildman–Crippen LogP) is 3.88. The number of carbonyl (C=O) groups excluding carboxylic acids is 1. The lowest BCUT2D eigenvalue weighted by molar-refractivity contribution is 0.0620. The molecule has 2 aliphatic rings. The Morgan fingerprint density at radius 3 is 2.52 bits per heavy atom. The molecule has 1 aliphatic carbocycles. The minimum Gasteiger partial charge on any atom is -0.441 e. The van der Waals surface area contributed by atoms with Gasteiger partial charge in [0.15, 0.2) is 5.69 Å². The Balaban J connectivity index is 1.51. The van der Waals surface area contributed by atoms with Crippen molar-refractivity contribution in [1.29, 1.82) is 0 Å². The van der Waals surface area contributed by atoms with E-state index in [1.807, 2.05) is 4.90 Å². The van der Waals surface area contributed by atoms with Gasteiger partial charge in [0.1, 0.15) is 5.76 Å². The number of oxazole rings is 1. The van der Waals surface area contributed by atoms with Crippen LogP contribution in [0.15, 0.2) is 22.6 Å². The van der Waals surface area contributed by atoms with E-state index in [4.69, 9.17) is 27.6 Å². The van der Waals surface area contributed by atoms with Crippen LogP contribution in [0.5, 0.6) is 0 Å². The quantitative estimate of drug-likeness (QED) is 0.811. The van der Waals surface area contributed by atoms with Crippen LogP contribution in [0.1, 0.15) is 29.1 Å². The molecule has 25 heavy (non-hydrogen) atoms. The highest BCUT2D eigenvalue weighted by molar-refractivity contribution is 6.42. The van der Waals surface area contributed by atoms with Crippen LogP contribution in [0.25, 0.3) is 11.5 Å². The second kappa shape index (κ2) is 6.63. The Labute approximate surface area is 156 Å². The summed E-state index contributed by atoms with van der Waals surface area (Å²) in [5, 5.41) is 0.901. The predicted molar refractivity (Wildman–Crippen MR) is 97.2 cm³/mol. The largest absolute Gasteiger partial charge is 0.441 e. The van der Waals surface area contributed by atoms with Crippen molar-refractivity contribution in [3.8, 4) is 11.5 Å². The van der Waals surface area contributed by atoms with Crippen LogP contribution < -0.4 is 0 Å². The number of nitrogens with zero attached hydrogens (tertiary/aromatic N) is 3. The lowest BCUT2D eigenvalue weighted by Gasteiger charge is -2.34. The summed E-state index contributed by atoms with van der Waals surface area (Å²) in [6.07, 6.45) is 2.59. The molecule has 0 spiro atoms. The molecular formula is C18H19Cl2N3O2. The molecule has 1 amide bonds. The van der Waals surface area contributed by atoms with E-state index in [1.165, 1.54) is 12.8 Å². The number of hydrogen-bond donors (Lipinski definition) is 0. The fraction of sp³-hybridized carbons (Fsp3) is 0.444. The van der Waals surface area contributed by atoms with Gasteiger partial charge in [-0.3, -0.25) is 9.69 Å². The molecule has 1 aliphatic heterocycles. The molecule has 0 unspecified atom stereocenters. The summed E-state index contributed by atoms with van der Waals surface area (Å²) in [6, 6.07) is 5.91. The van der Waals surface area contributed by atoms with Crippen LogP contribution in [0.3, 0.4) is 0 Å². The summed E-state index contributed by atoms with van der Waals surface area (Å²) >= 11 is 12.0. The summed E-state index contributed by atoms with van der Waals surface area (Å²) in [4.78, 5) is 21.6. The smallest absolute Gasteiger partial charge is 0.276 e. The summed E-state index contributed by atoms with van der Waals surface area (Å²) in [5.74, 6) is 0.842. The van der Waals surface area contributed by atoms with Crippen molar-refractivity contribution in [2.75, 3.05) is 26.2 Å². The van der Waals surface area contributed by atoms with Gasteiger partial charge in [-0.2, -0.15) is 0 Å². The number of piperazine rings is 1. The van der Waals surface area contributed by atoms with E-state index in [0.717, 1.165) is 32.2 Å². The number of aromatic nitrogens is 1. The van der Waals surface area contributed by atoms with Crippen LogP contribution in [-0.4, -0.2) is 52.9 Å². The van der Waals surface area contributed by atoms with Gasteiger partial charge in [0.05, 0.1) is 10.0 Å². The molecule has 5 nitrogen and oxygen atoms in total. The molecule has 4 rings (SSSR count). The van der Waals surface area contributed by atoms with Crippen LogP contribution >= 0.6 is 23.2 Å². The molecule has 0 radical (unpaired) electrons. The van der Waals surface area contributed by atoms with Gasteiger partial charge in [0.25, 0.3) is 5.91 Å². The Kier molecular flexibility index (Phi) is 4.48. The zero-order chi connectivity index (χ0) is 17.6. The van der Waals surface area contributed by atoms with Crippen LogP contribution in [-0.2, 0) is 0 Å². The van der Waals surface area contributed by atoms with Crippen molar-refractivity contribution in [1.82, 2.24) is 14.8 Å². The van der Waals surface area contributed by atoms with Crippen LogP contribution in [0.4, 0.5) is 0 Å². The number of carbonyl (C=O) groups is 1. The first-order valence-corrected chi connectivity index (χ1v) is 9.24. The highest BCUT2D eigenvalue weighted by atomic mass is 35.5. The number of aryl methyl sites for hydroxylation is 1. The Morgan fingerprint density at radius 2 is 1.88 bits per heavy atom. The lowest BCUT2D eigenvalue weighted by Crippen LogP contribution is -2.49. The molecule has 0 bridgehead atoms. The third kappa shape index (κ3) is 3.41. The maximum Gasteiger partial charge on any atom is 0.276 e. The SMILES string of the molecule is Cc1oc(-c2ccc(Cl)c(Cl)c2)nc1C(=O)N1CCN(C2CC2)CC1. The van der Waals surface area contributed by atoms with Gasteiger partial charge < -0.3 is 9.32 Å². The van der Waals surface area contributed by atoms with E-state index in [-0.39, 0.29) is 5.91 Å². The Morgan fingerprint density at radius 1 is 1.16 bits per heavy atom. The normalized spacial score (nSPS) is 18.6. The van der Waals surface area contributed by atoms with Crippen molar-refractivity contribution in [2.45, 2.75) is 25.8 Å². The fourth-order valence-electron chi connectivity index (χ4n) is 3.23. The van der Waals surface area contributed by atoms with E-state index in [9.17, 15) is 4.79 Å². The van der Waals surface area contributed by atoms with Gasteiger partial charge in [-0.1, -0.05) is 23.2 Å². The molecule has 1 aromatic carbocycles. The minimum atomic E-state index is -0.0667. The van der Waals surface area contributed by atoms with Gasteiger partial charge in [-0.05, 0) is 38.0 Å². The molecule has 2 heterocycles. The second-order valence-electron chi connectivity index (χ2n) is 6.61. The van der Waals surface area contributed by atoms with E-state index >= 15 is 0 Å². The molecule has 7 heteroatoms. The maximum atomic E-state index is 12.8. The average Bonchev–Trinajstić information content (AvgIpc) is 3.39. The summed E-state index contributed by atoms with van der Waals surface area (Å²) in [6.45, 7) is 5.12. The van der Waals surface area contributed by atoms with E-state index in [1.54, 1.807) is 25.1 Å². The van der Waals surface area contributed by atoms with Gasteiger partial charge in [0, 0.05) is 37.8 Å². The monoisotopic (exact) mass is 379 g/mol. The zero-order valence-corrected chi connectivity index (χ0v) is 15.5. The van der Waals surface area contributed by atoms with Crippen LogP contribution in [0.2, 0.25) is 10.0 Å². The van der Waals surface area contributed by atoms with Crippen LogP contribution in [0, 0.1) is 6.92 Å². The van der Waals surface area contributed by atoms with Gasteiger partial charge in [0.2, 0.25) is 5.89 Å². The first-order chi connectivity index (χ1) is 12.0. The zero-order valence-electron chi connectivity index (χ0n) is 14.0. The summed E-state index contributed by atoms with van der Waals surface area (Å²) < 4.78 is 5.71. The van der Waals surface area contributed by atoms with E-state index in [2.05, 4.69) is 9.88 Å². The minimum absolute atomic E-state index is 0.0667. The van der Waals surface area contributed by atoms with E-state index in [0.29, 0.717) is 33.0 Å². The van der Waals surface area contributed by atoms with E-state index < -0.39 is 0 Å². The van der Waals surface area contributed by atoms with Crippen molar-refractivity contribution in [2.24, 2.45) is 0 Å². The Bertz CT molecular complexity index is 809. The number of benzene rings is 1. The first-order valence-electron chi connectivity index (χ1n) is 8.49. The Hall–Kier alpha value is -1.56. The van der Waals surface area contributed by atoms with Gasteiger partial charge in [-0.15, -0.1) is 0 Å². The third-order valence-electron chi connectivity index (χ3n) is 4.83. The second-order valence-corrected chi connectivity index (χ2v) is 7.43. The molecule has 0 atom stereocenters. The topological polar surface area (TPSA) is 49.6 Å². The molecule has 1 saturated heterocycles. The standard InChI is InChI=1S/C18H19Cl2N3O2/c1-11-16(18(24)23-8-6-22(7-9-23)13-3-4-13)21-17(25-11)12-2-5-14(19)15(20)10-12/h2,5,10,13H,3-4,6-9H2,1H3. The van der Waals surface area contributed by atoms with Gasteiger partial charge in [-0.25, -0.2) is 4.98 Å². The number of halogens is 2. The van der Waals surface area contributed by atoms with Crippen molar-refractivity contribution in [3.05, 3.63) is 39.7 Å². The molecule has 2 aromatic rings. The molecular weight excluding hydrogens is 361 g/mol. The van der Waals surface area contributed by atoms with Crippen molar-refractivity contribution < 1.29 is 9.21 Å². The third-order valence-corrected chi connectivity index (χ3v) is 5.57.